The first-order chi connectivity index (χ1) is 12.4. The van der Waals surface area contributed by atoms with E-state index in [2.05, 4.69) is 0 Å². The van der Waals surface area contributed by atoms with Gasteiger partial charge in [0.15, 0.2) is 0 Å². The molecule has 2 aliphatic heterocycles. The van der Waals surface area contributed by atoms with E-state index in [-0.39, 0.29) is 29.7 Å². The second kappa shape index (κ2) is 6.20. The molecule has 2 heterocycles. The molecule has 138 valence electrons. The van der Waals surface area contributed by atoms with E-state index in [0.717, 1.165) is 12.8 Å². The maximum absolute atomic E-state index is 13.3. The van der Waals surface area contributed by atoms with E-state index in [4.69, 9.17) is 5.73 Å². The number of likely N-dealkylation sites (tertiary alicyclic amines) is 1. The van der Waals surface area contributed by atoms with Crippen LogP contribution in [0.3, 0.4) is 0 Å². The van der Waals surface area contributed by atoms with Gasteiger partial charge in [-0.15, -0.1) is 0 Å². The highest BCUT2D eigenvalue weighted by Crippen LogP contribution is 2.38. The number of nitrogens with two attached hydrogens (primary N) is 1. The van der Waals surface area contributed by atoms with Crippen molar-refractivity contribution in [3.8, 4) is 0 Å². The standard InChI is InChI=1S/C20H25N3O3/c1-11(2)17(20(26)22-9-12-7-8-16(21)15(12)10-22)23-18(24)13-5-3-4-6-14(13)19(23)25/h3-6,11-12,15-17H,7-10,21H2,1-2H3. The Labute approximate surface area is 153 Å². The van der Waals surface area contributed by atoms with E-state index in [9.17, 15) is 14.4 Å². The molecule has 1 saturated heterocycles. The topological polar surface area (TPSA) is 83.7 Å². The van der Waals surface area contributed by atoms with E-state index in [0.29, 0.717) is 36.1 Å². The van der Waals surface area contributed by atoms with Gasteiger partial charge in [0.25, 0.3) is 11.8 Å². The summed E-state index contributed by atoms with van der Waals surface area (Å²) in [5.74, 6) is -0.227. The third kappa shape index (κ3) is 2.47. The Morgan fingerprint density at radius 2 is 1.69 bits per heavy atom. The van der Waals surface area contributed by atoms with E-state index in [1.807, 2.05) is 18.7 Å². The van der Waals surface area contributed by atoms with Crippen LogP contribution < -0.4 is 5.73 Å². The number of carbonyl (C=O) groups excluding carboxylic acids is 3. The van der Waals surface area contributed by atoms with Gasteiger partial charge in [0.2, 0.25) is 5.91 Å². The molecule has 4 atom stereocenters. The number of fused-ring (bicyclic) bond motifs is 2. The van der Waals surface area contributed by atoms with Crippen molar-refractivity contribution in [3.63, 3.8) is 0 Å². The molecule has 2 N–H and O–H groups in total. The lowest BCUT2D eigenvalue weighted by molar-refractivity contribution is -0.136. The minimum absolute atomic E-state index is 0.129. The van der Waals surface area contributed by atoms with Crippen molar-refractivity contribution in [3.05, 3.63) is 35.4 Å². The number of hydrogen-bond acceptors (Lipinski definition) is 4. The van der Waals surface area contributed by atoms with Gasteiger partial charge < -0.3 is 10.6 Å². The third-order valence-electron chi connectivity index (χ3n) is 6.21. The van der Waals surface area contributed by atoms with Crippen LogP contribution in [-0.2, 0) is 4.79 Å². The van der Waals surface area contributed by atoms with Crippen LogP contribution in [0.15, 0.2) is 24.3 Å². The first-order valence-corrected chi connectivity index (χ1v) is 9.41. The predicted molar refractivity (Wildman–Crippen MR) is 96.3 cm³/mol. The number of hydrogen-bond donors (Lipinski definition) is 1. The molecular weight excluding hydrogens is 330 g/mol. The van der Waals surface area contributed by atoms with Gasteiger partial charge in [-0.1, -0.05) is 26.0 Å². The summed E-state index contributed by atoms with van der Waals surface area (Å²) >= 11 is 0. The lowest BCUT2D eigenvalue weighted by Gasteiger charge is -2.32. The number of imide groups is 1. The third-order valence-corrected chi connectivity index (χ3v) is 6.21. The number of amides is 3. The second-order valence-electron chi connectivity index (χ2n) is 8.12. The minimum Gasteiger partial charge on any atom is -0.340 e. The molecule has 0 bridgehead atoms. The summed E-state index contributed by atoms with van der Waals surface area (Å²) < 4.78 is 0. The molecule has 1 aromatic rings. The monoisotopic (exact) mass is 355 g/mol. The second-order valence-corrected chi connectivity index (χ2v) is 8.12. The molecule has 4 unspecified atom stereocenters. The number of nitrogens with zero attached hydrogens (tertiary/aromatic N) is 2. The zero-order valence-corrected chi connectivity index (χ0v) is 15.2. The van der Waals surface area contributed by atoms with E-state index >= 15 is 0 Å². The Morgan fingerprint density at radius 3 is 2.23 bits per heavy atom. The van der Waals surface area contributed by atoms with Crippen LogP contribution in [-0.4, -0.2) is 52.7 Å². The molecule has 4 rings (SSSR count). The number of benzene rings is 1. The average Bonchev–Trinajstić information content (AvgIpc) is 3.26. The predicted octanol–water partition coefficient (Wildman–Crippen LogP) is 1.50. The first-order valence-electron chi connectivity index (χ1n) is 9.41. The fraction of sp³-hybridized carbons (Fsp3) is 0.550. The van der Waals surface area contributed by atoms with Crippen LogP contribution in [0.25, 0.3) is 0 Å². The Morgan fingerprint density at radius 1 is 1.08 bits per heavy atom. The maximum atomic E-state index is 13.3. The van der Waals surface area contributed by atoms with Crippen molar-refractivity contribution < 1.29 is 14.4 Å². The van der Waals surface area contributed by atoms with Crippen molar-refractivity contribution in [1.82, 2.24) is 9.80 Å². The molecule has 0 radical (unpaired) electrons. The number of rotatable bonds is 3. The molecule has 6 nitrogen and oxygen atoms in total. The van der Waals surface area contributed by atoms with Crippen LogP contribution >= 0.6 is 0 Å². The largest absolute Gasteiger partial charge is 0.340 e. The molecule has 0 aromatic heterocycles. The Balaban J connectivity index is 1.60. The molecular formula is C20H25N3O3. The van der Waals surface area contributed by atoms with E-state index in [1.165, 1.54) is 4.90 Å². The van der Waals surface area contributed by atoms with Gasteiger partial charge >= 0.3 is 0 Å². The minimum atomic E-state index is -0.766. The Hall–Kier alpha value is -2.21. The van der Waals surface area contributed by atoms with E-state index < -0.39 is 6.04 Å². The van der Waals surface area contributed by atoms with Gasteiger partial charge in [-0.25, -0.2) is 0 Å². The molecule has 2 fully saturated rings. The highest BCUT2D eigenvalue weighted by Gasteiger charge is 2.48. The lowest BCUT2D eigenvalue weighted by atomic mass is 9.98. The van der Waals surface area contributed by atoms with Gasteiger partial charge in [0.05, 0.1) is 11.1 Å². The molecule has 1 aliphatic carbocycles. The average molecular weight is 355 g/mol. The van der Waals surface area contributed by atoms with Crippen LogP contribution in [0.5, 0.6) is 0 Å². The SMILES string of the molecule is CC(C)C(C(=O)N1CC2CCC(N)C2C1)N1C(=O)c2ccccc2C1=O. The molecule has 0 spiro atoms. The highest BCUT2D eigenvalue weighted by molar-refractivity contribution is 6.22. The lowest BCUT2D eigenvalue weighted by Crippen LogP contribution is -2.53. The molecule has 6 heteroatoms. The normalized spacial score (nSPS) is 28.7. The highest BCUT2D eigenvalue weighted by atomic mass is 16.2. The summed E-state index contributed by atoms with van der Waals surface area (Å²) in [6.45, 7) is 5.09. The van der Waals surface area contributed by atoms with Crippen molar-refractivity contribution >= 4 is 17.7 Å². The first kappa shape index (κ1) is 17.2. The van der Waals surface area contributed by atoms with Crippen LogP contribution in [0.4, 0.5) is 0 Å². The summed E-state index contributed by atoms with van der Waals surface area (Å²) in [4.78, 5) is 42.0. The van der Waals surface area contributed by atoms with E-state index in [1.54, 1.807) is 24.3 Å². The fourth-order valence-electron chi connectivity index (χ4n) is 4.83. The molecule has 3 aliphatic rings. The van der Waals surface area contributed by atoms with Gasteiger partial charge in [-0.2, -0.15) is 0 Å². The smallest absolute Gasteiger partial charge is 0.262 e. The zero-order valence-electron chi connectivity index (χ0n) is 15.2. The van der Waals surface area contributed by atoms with Crippen molar-refractivity contribution in [2.24, 2.45) is 23.5 Å². The van der Waals surface area contributed by atoms with Gasteiger partial charge in [0, 0.05) is 19.1 Å². The molecule has 1 saturated carbocycles. The quantitative estimate of drug-likeness (QED) is 0.833. The van der Waals surface area contributed by atoms with Gasteiger partial charge in [-0.05, 0) is 42.7 Å². The number of carbonyl (C=O) groups is 3. The van der Waals surface area contributed by atoms with Crippen molar-refractivity contribution in [2.45, 2.75) is 38.8 Å². The molecule has 26 heavy (non-hydrogen) atoms. The summed E-state index contributed by atoms with van der Waals surface area (Å²) in [7, 11) is 0. The van der Waals surface area contributed by atoms with Crippen LogP contribution in [0.2, 0.25) is 0 Å². The summed E-state index contributed by atoms with van der Waals surface area (Å²) in [6.07, 6.45) is 2.07. The maximum Gasteiger partial charge on any atom is 0.262 e. The molecule has 3 amide bonds. The Kier molecular flexibility index (Phi) is 4.10. The van der Waals surface area contributed by atoms with Crippen molar-refractivity contribution in [2.75, 3.05) is 13.1 Å². The fourth-order valence-corrected chi connectivity index (χ4v) is 4.83. The summed E-state index contributed by atoms with van der Waals surface area (Å²) in [5.41, 5.74) is 6.96. The summed E-state index contributed by atoms with van der Waals surface area (Å²) in [6, 6.07) is 6.16. The summed E-state index contributed by atoms with van der Waals surface area (Å²) in [5, 5.41) is 0. The van der Waals surface area contributed by atoms with Crippen LogP contribution in [0.1, 0.15) is 47.4 Å². The zero-order chi connectivity index (χ0) is 18.6. The van der Waals surface area contributed by atoms with Gasteiger partial charge in [-0.3, -0.25) is 19.3 Å². The van der Waals surface area contributed by atoms with Gasteiger partial charge in [0.1, 0.15) is 6.04 Å². The van der Waals surface area contributed by atoms with Crippen LogP contribution in [0, 0.1) is 17.8 Å². The van der Waals surface area contributed by atoms with Crippen molar-refractivity contribution in [1.29, 1.82) is 0 Å². The Bertz CT molecular complexity index is 740. The molecule has 1 aromatic carbocycles.